The maximum absolute atomic E-state index is 5.42. The standard InChI is InChI=1S/C14H24N2O/c1-12(10-14(2,3)17-4)16-9-7-13-6-5-8-15-11-13/h5-6,8,11-12,16H,7,9-10H2,1-4H3. The van der Waals surface area contributed by atoms with Gasteiger partial charge in [0.25, 0.3) is 0 Å². The Bertz CT molecular complexity index is 311. The van der Waals surface area contributed by atoms with Crippen molar-refractivity contribution in [2.45, 2.75) is 45.3 Å². The minimum absolute atomic E-state index is 0.0548. The van der Waals surface area contributed by atoms with Gasteiger partial charge in [0.1, 0.15) is 0 Å². The van der Waals surface area contributed by atoms with Gasteiger partial charge < -0.3 is 10.1 Å². The summed E-state index contributed by atoms with van der Waals surface area (Å²) in [6, 6.07) is 4.55. The molecule has 1 atom stereocenters. The number of nitrogens with zero attached hydrogens (tertiary/aromatic N) is 1. The van der Waals surface area contributed by atoms with Gasteiger partial charge in [-0.25, -0.2) is 0 Å². The van der Waals surface area contributed by atoms with E-state index in [1.807, 2.05) is 12.3 Å². The lowest BCUT2D eigenvalue weighted by molar-refractivity contribution is 0.00865. The predicted molar refractivity (Wildman–Crippen MR) is 71.1 cm³/mol. The molecule has 17 heavy (non-hydrogen) atoms. The molecule has 1 heterocycles. The van der Waals surface area contributed by atoms with Crippen molar-refractivity contribution in [2.24, 2.45) is 0 Å². The first-order valence-corrected chi connectivity index (χ1v) is 6.21. The Hall–Kier alpha value is -0.930. The zero-order chi connectivity index (χ0) is 12.7. The first-order valence-electron chi connectivity index (χ1n) is 6.21. The van der Waals surface area contributed by atoms with Gasteiger partial charge in [-0.15, -0.1) is 0 Å². The first-order chi connectivity index (χ1) is 8.03. The molecule has 0 saturated heterocycles. The zero-order valence-electron chi connectivity index (χ0n) is 11.4. The Morgan fingerprint density at radius 3 is 2.82 bits per heavy atom. The highest BCUT2D eigenvalue weighted by Crippen LogP contribution is 2.15. The Labute approximate surface area is 105 Å². The van der Waals surface area contributed by atoms with Crippen LogP contribution in [0.15, 0.2) is 24.5 Å². The Morgan fingerprint density at radius 2 is 2.24 bits per heavy atom. The van der Waals surface area contributed by atoms with E-state index in [1.54, 1.807) is 13.3 Å². The highest BCUT2D eigenvalue weighted by Gasteiger charge is 2.19. The van der Waals surface area contributed by atoms with Crippen LogP contribution in [-0.4, -0.2) is 30.3 Å². The third kappa shape index (κ3) is 5.80. The summed E-state index contributed by atoms with van der Waals surface area (Å²) in [4.78, 5) is 4.11. The number of aromatic nitrogens is 1. The number of pyridine rings is 1. The van der Waals surface area contributed by atoms with E-state index in [9.17, 15) is 0 Å². The van der Waals surface area contributed by atoms with E-state index in [1.165, 1.54) is 5.56 Å². The van der Waals surface area contributed by atoms with Crippen molar-refractivity contribution in [2.75, 3.05) is 13.7 Å². The largest absolute Gasteiger partial charge is 0.379 e. The van der Waals surface area contributed by atoms with Crippen LogP contribution in [0.5, 0.6) is 0 Å². The molecule has 1 aromatic rings. The summed E-state index contributed by atoms with van der Waals surface area (Å²) in [6.45, 7) is 7.41. The van der Waals surface area contributed by atoms with Crippen LogP contribution >= 0.6 is 0 Å². The minimum Gasteiger partial charge on any atom is -0.379 e. The topological polar surface area (TPSA) is 34.1 Å². The van der Waals surface area contributed by atoms with Gasteiger partial charge in [0.2, 0.25) is 0 Å². The molecule has 0 radical (unpaired) electrons. The van der Waals surface area contributed by atoms with Crippen LogP contribution in [0.25, 0.3) is 0 Å². The number of hydrogen-bond donors (Lipinski definition) is 1. The van der Waals surface area contributed by atoms with Gasteiger partial charge in [-0.1, -0.05) is 6.07 Å². The summed E-state index contributed by atoms with van der Waals surface area (Å²) < 4.78 is 5.42. The minimum atomic E-state index is -0.0548. The van der Waals surface area contributed by atoms with Crippen LogP contribution in [-0.2, 0) is 11.2 Å². The van der Waals surface area contributed by atoms with Gasteiger partial charge in [0.05, 0.1) is 5.60 Å². The Morgan fingerprint density at radius 1 is 1.47 bits per heavy atom. The van der Waals surface area contributed by atoms with Crippen LogP contribution in [0.2, 0.25) is 0 Å². The van der Waals surface area contributed by atoms with Crippen LogP contribution in [0.3, 0.4) is 0 Å². The lowest BCUT2D eigenvalue weighted by atomic mass is 10.00. The van der Waals surface area contributed by atoms with Gasteiger partial charge in [-0.05, 0) is 51.8 Å². The molecule has 0 spiro atoms. The smallest absolute Gasteiger partial charge is 0.0637 e. The molecular weight excluding hydrogens is 212 g/mol. The third-order valence-corrected chi connectivity index (χ3v) is 2.98. The summed E-state index contributed by atoms with van der Waals surface area (Å²) >= 11 is 0. The van der Waals surface area contributed by atoms with Crippen molar-refractivity contribution in [1.29, 1.82) is 0 Å². The van der Waals surface area contributed by atoms with Gasteiger partial charge in [0, 0.05) is 25.5 Å². The van der Waals surface area contributed by atoms with Crippen LogP contribution in [0.4, 0.5) is 0 Å². The number of ether oxygens (including phenoxy) is 1. The molecule has 1 unspecified atom stereocenters. The summed E-state index contributed by atoms with van der Waals surface area (Å²) in [7, 11) is 1.77. The second kappa shape index (κ2) is 6.72. The van der Waals surface area contributed by atoms with E-state index >= 15 is 0 Å². The van der Waals surface area contributed by atoms with Gasteiger partial charge in [0.15, 0.2) is 0 Å². The van der Waals surface area contributed by atoms with Crippen molar-refractivity contribution in [1.82, 2.24) is 10.3 Å². The molecule has 0 fully saturated rings. The molecule has 1 rings (SSSR count). The molecule has 1 N–H and O–H groups in total. The molecule has 96 valence electrons. The fourth-order valence-electron chi connectivity index (χ4n) is 1.90. The predicted octanol–water partition coefficient (Wildman–Crippen LogP) is 2.42. The highest BCUT2D eigenvalue weighted by atomic mass is 16.5. The quantitative estimate of drug-likeness (QED) is 0.789. The van der Waals surface area contributed by atoms with Crippen molar-refractivity contribution >= 4 is 0 Å². The van der Waals surface area contributed by atoms with E-state index in [-0.39, 0.29) is 5.60 Å². The third-order valence-electron chi connectivity index (χ3n) is 2.98. The molecule has 0 aliphatic rings. The molecule has 0 amide bonds. The number of rotatable bonds is 7. The highest BCUT2D eigenvalue weighted by molar-refractivity contribution is 5.08. The molecular formula is C14H24N2O. The SMILES string of the molecule is COC(C)(C)CC(C)NCCc1cccnc1. The monoisotopic (exact) mass is 236 g/mol. The second-order valence-electron chi connectivity index (χ2n) is 5.13. The molecule has 3 heteroatoms. The van der Waals surface area contributed by atoms with E-state index in [0.29, 0.717) is 6.04 Å². The zero-order valence-corrected chi connectivity index (χ0v) is 11.4. The van der Waals surface area contributed by atoms with Crippen LogP contribution in [0, 0.1) is 0 Å². The van der Waals surface area contributed by atoms with Crippen molar-refractivity contribution in [3.8, 4) is 0 Å². The average Bonchev–Trinajstić information content (AvgIpc) is 2.30. The summed E-state index contributed by atoms with van der Waals surface area (Å²) in [5, 5.41) is 3.51. The van der Waals surface area contributed by atoms with Crippen LogP contribution in [0.1, 0.15) is 32.8 Å². The number of hydrogen-bond acceptors (Lipinski definition) is 3. The molecule has 0 aliphatic heterocycles. The Kier molecular flexibility index (Phi) is 5.59. The number of methoxy groups -OCH3 is 1. The molecule has 3 nitrogen and oxygen atoms in total. The Balaban J connectivity index is 2.23. The fraction of sp³-hybridized carbons (Fsp3) is 0.643. The normalized spacial score (nSPS) is 13.6. The number of nitrogens with one attached hydrogen (secondary N) is 1. The van der Waals surface area contributed by atoms with E-state index in [2.05, 4.69) is 37.1 Å². The molecule has 0 bridgehead atoms. The maximum Gasteiger partial charge on any atom is 0.0637 e. The van der Waals surface area contributed by atoms with Crippen molar-refractivity contribution < 1.29 is 4.74 Å². The molecule has 0 aromatic carbocycles. The average molecular weight is 236 g/mol. The molecule has 0 saturated carbocycles. The van der Waals surface area contributed by atoms with Crippen LogP contribution < -0.4 is 5.32 Å². The molecule has 0 aliphatic carbocycles. The molecule has 1 aromatic heterocycles. The maximum atomic E-state index is 5.42. The summed E-state index contributed by atoms with van der Waals surface area (Å²) in [5.74, 6) is 0. The summed E-state index contributed by atoms with van der Waals surface area (Å²) in [6.07, 6.45) is 5.76. The fourth-order valence-corrected chi connectivity index (χ4v) is 1.90. The van der Waals surface area contributed by atoms with E-state index in [0.717, 1.165) is 19.4 Å². The second-order valence-corrected chi connectivity index (χ2v) is 5.13. The van der Waals surface area contributed by atoms with Crippen molar-refractivity contribution in [3.05, 3.63) is 30.1 Å². The first kappa shape index (κ1) is 14.1. The van der Waals surface area contributed by atoms with E-state index in [4.69, 9.17) is 4.74 Å². The summed E-state index contributed by atoms with van der Waals surface area (Å²) in [5.41, 5.74) is 1.22. The lowest BCUT2D eigenvalue weighted by Crippen LogP contribution is -2.36. The van der Waals surface area contributed by atoms with Gasteiger partial charge >= 0.3 is 0 Å². The lowest BCUT2D eigenvalue weighted by Gasteiger charge is -2.27. The van der Waals surface area contributed by atoms with Gasteiger partial charge in [-0.2, -0.15) is 0 Å². The van der Waals surface area contributed by atoms with Gasteiger partial charge in [-0.3, -0.25) is 4.98 Å². The van der Waals surface area contributed by atoms with Crippen molar-refractivity contribution in [3.63, 3.8) is 0 Å². The van der Waals surface area contributed by atoms with E-state index < -0.39 is 0 Å².